The van der Waals surface area contributed by atoms with Crippen LogP contribution in [0.5, 0.6) is 11.5 Å². The van der Waals surface area contributed by atoms with Crippen LogP contribution in [0.25, 0.3) is 0 Å². The Bertz CT molecular complexity index is 406. The van der Waals surface area contributed by atoms with Crippen LogP contribution in [-0.4, -0.2) is 18.3 Å². The standard InChI is InChI=1S/C14H19BrO3/c1-2-3-5-12(16)10-8-13-14(9-11(10)15)18-7-4-6-17-13/h8-9,12,16H,2-7H2,1H3. The lowest BCUT2D eigenvalue weighted by molar-refractivity contribution is 0.163. The van der Waals surface area contributed by atoms with Crippen LogP contribution in [0.4, 0.5) is 0 Å². The Morgan fingerprint density at radius 1 is 1.28 bits per heavy atom. The minimum Gasteiger partial charge on any atom is -0.490 e. The summed E-state index contributed by atoms with van der Waals surface area (Å²) < 4.78 is 12.1. The van der Waals surface area contributed by atoms with Crippen molar-refractivity contribution in [3.05, 3.63) is 22.2 Å². The van der Waals surface area contributed by atoms with E-state index in [4.69, 9.17) is 9.47 Å². The molecule has 1 atom stereocenters. The first-order valence-corrected chi connectivity index (χ1v) is 7.28. The van der Waals surface area contributed by atoms with Gasteiger partial charge >= 0.3 is 0 Å². The molecule has 2 rings (SSSR count). The third-order valence-electron chi connectivity index (χ3n) is 3.06. The predicted octanol–water partition coefficient (Wildman–Crippen LogP) is 3.83. The fourth-order valence-corrected chi connectivity index (χ4v) is 2.59. The first-order valence-electron chi connectivity index (χ1n) is 6.49. The van der Waals surface area contributed by atoms with Crippen LogP contribution in [0.2, 0.25) is 0 Å². The van der Waals surface area contributed by atoms with Crippen LogP contribution in [0, 0.1) is 0 Å². The highest BCUT2D eigenvalue weighted by molar-refractivity contribution is 9.10. The van der Waals surface area contributed by atoms with Crippen molar-refractivity contribution >= 4 is 15.9 Å². The number of hydrogen-bond donors (Lipinski definition) is 1. The minimum absolute atomic E-state index is 0.448. The second kappa shape index (κ2) is 6.43. The van der Waals surface area contributed by atoms with Crippen LogP contribution in [-0.2, 0) is 0 Å². The van der Waals surface area contributed by atoms with Gasteiger partial charge in [0, 0.05) is 10.9 Å². The fourth-order valence-electron chi connectivity index (χ4n) is 2.01. The van der Waals surface area contributed by atoms with E-state index in [1.54, 1.807) is 0 Å². The molecule has 0 saturated heterocycles. The molecule has 1 aliphatic rings. The van der Waals surface area contributed by atoms with Crippen LogP contribution in [0.3, 0.4) is 0 Å². The van der Waals surface area contributed by atoms with Crippen LogP contribution >= 0.6 is 15.9 Å². The van der Waals surface area contributed by atoms with Crippen LogP contribution in [0.15, 0.2) is 16.6 Å². The molecule has 0 saturated carbocycles. The molecule has 0 amide bonds. The molecule has 100 valence electrons. The van der Waals surface area contributed by atoms with E-state index < -0.39 is 6.10 Å². The van der Waals surface area contributed by atoms with Crippen molar-refractivity contribution in [2.24, 2.45) is 0 Å². The molecule has 1 aromatic rings. The van der Waals surface area contributed by atoms with Gasteiger partial charge in [-0.05, 0) is 24.1 Å². The molecular formula is C14H19BrO3. The van der Waals surface area contributed by atoms with E-state index in [-0.39, 0.29) is 0 Å². The molecule has 0 fully saturated rings. The van der Waals surface area contributed by atoms with Gasteiger partial charge in [-0.15, -0.1) is 0 Å². The van der Waals surface area contributed by atoms with Crippen molar-refractivity contribution in [2.75, 3.05) is 13.2 Å². The monoisotopic (exact) mass is 314 g/mol. The van der Waals surface area contributed by atoms with Gasteiger partial charge in [0.15, 0.2) is 11.5 Å². The molecule has 4 heteroatoms. The number of aliphatic hydroxyl groups excluding tert-OH is 1. The summed E-state index contributed by atoms with van der Waals surface area (Å²) in [6.07, 6.45) is 3.31. The lowest BCUT2D eigenvalue weighted by Crippen LogP contribution is -2.01. The summed E-state index contributed by atoms with van der Waals surface area (Å²) in [6, 6.07) is 3.79. The maximum atomic E-state index is 10.2. The van der Waals surface area contributed by atoms with E-state index in [9.17, 15) is 5.11 Å². The molecule has 0 aliphatic carbocycles. The Labute approximate surface area is 116 Å². The molecule has 1 heterocycles. The van der Waals surface area contributed by atoms with E-state index in [0.29, 0.717) is 13.2 Å². The predicted molar refractivity (Wildman–Crippen MR) is 74.2 cm³/mol. The third-order valence-corrected chi connectivity index (χ3v) is 3.74. The number of fused-ring (bicyclic) bond motifs is 1. The largest absolute Gasteiger partial charge is 0.490 e. The highest BCUT2D eigenvalue weighted by atomic mass is 79.9. The molecule has 1 unspecified atom stereocenters. The van der Waals surface area contributed by atoms with Gasteiger partial charge in [-0.1, -0.05) is 35.7 Å². The zero-order valence-corrected chi connectivity index (χ0v) is 12.2. The smallest absolute Gasteiger partial charge is 0.162 e. The highest BCUT2D eigenvalue weighted by Gasteiger charge is 2.17. The summed E-state index contributed by atoms with van der Waals surface area (Å²) in [6.45, 7) is 3.46. The maximum Gasteiger partial charge on any atom is 0.162 e. The number of hydrogen-bond acceptors (Lipinski definition) is 3. The fraction of sp³-hybridized carbons (Fsp3) is 0.571. The molecule has 18 heavy (non-hydrogen) atoms. The number of rotatable bonds is 4. The van der Waals surface area contributed by atoms with Gasteiger partial charge in [-0.25, -0.2) is 0 Å². The van der Waals surface area contributed by atoms with Gasteiger partial charge in [-0.2, -0.15) is 0 Å². The second-order valence-electron chi connectivity index (χ2n) is 4.53. The molecule has 0 aromatic heterocycles. The van der Waals surface area contributed by atoms with Gasteiger partial charge in [0.2, 0.25) is 0 Å². The topological polar surface area (TPSA) is 38.7 Å². The summed E-state index contributed by atoms with van der Waals surface area (Å²) in [7, 11) is 0. The van der Waals surface area contributed by atoms with Crippen molar-refractivity contribution in [3.8, 4) is 11.5 Å². The van der Waals surface area contributed by atoms with Crippen molar-refractivity contribution in [3.63, 3.8) is 0 Å². The van der Waals surface area contributed by atoms with Gasteiger partial charge in [0.05, 0.1) is 19.3 Å². The molecule has 3 nitrogen and oxygen atoms in total. The molecule has 1 aliphatic heterocycles. The average Bonchev–Trinajstić information content (AvgIpc) is 2.59. The van der Waals surface area contributed by atoms with E-state index in [1.165, 1.54) is 0 Å². The average molecular weight is 315 g/mol. The number of halogens is 1. The SMILES string of the molecule is CCCCC(O)c1cc2c(cc1Br)OCCCO2. The van der Waals surface area contributed by atoms with Gasteiger partial charge in [0.1, 0.15) is 0 Å². The van der Waals surface area contributed by atoms with Crippen molar-refractivity contribution in [1.82, 2.24) is 0 Å². The number of benzene rings is 1. The highest BCUT2D eigenvalue weighted by Crippen LogP contribution is 2.38. The summed E-state index contributed by atoms with van der Waals surface area (Å²) in [5, 5.41) is 10.2. The Morgan fingerprint density at radius 2 is 1.94 bits per heavy atom. The number of ether oxygens (including phenoxy) is 2. The first-order chi connectivity index (χ1) is 8.72. The number of aliphatic hydroxyl groups is 1. The van der Waals surface area contributed by atoms with Gasteiger partial charge < -0.3 is 14.6 Å². The molecule has 1 aromatic carbocycles. The van der Waals surface area contributed by atoms with Crippen LogP contribution < -0.4 is 9.47 Å². The van der Waals surface area contributed by atoms with Crippen molar-refractivity contribution < 1.29 is 14.6 Å². The lowest BCUT2D eigenvalue weighted by atomic mass is 10.0. The summed E-state index contributed by atoms with van der Waals surface area (Å²) in [4.78, 5) is 0. The van der Waals surface area contributed by atoms with Crippen LogP contribution in [0.1, 0.15) is 44.3 Å². The summed E-state index contributed by atoms with van der Waals surface area (Å²) in [5.74, 6) is 1.49. The zero-order valence-electron chi connectivity index (χ0n) is 10.6. The lowest BCUT2D eigenvalue weighted by Gasteiger charge is -2.16. The molecule has 1 N–H and O–H groups in total. The Balaban J connectivity index is 2.23. The number of unbranched alkanes of at least 4 members (excludes halogenated alkanes) is 1. The molecular weight excluding hydrogens is 296 g/mol. The first kappa shape index (κ1) is 13.7. The van der Waals surface area contributed by atoms with Crippen molar-refractivity contribution in [2.45, 2.75) is 38.7 Å². The molecule has 0 radical (unpaired) electrons. The Morgan fingerprint density at radius 3 is 2.61 bits per heavy atom. The summed E-state index contributed by atoms with van der Waals surface area (Å²) >= 11 is 3.50. The Kier molecular flexibility index (Phi) is 4.89. The van der Waals surface area contributed by atoms with E-state index in [0.717, 1.165) is 47.2 Å². The van der Waals surface area contributed by atoms with Gasteiger partial charge in [-0.3, -0.25) is 0 Å². The quantitative estimate of drug-likeness (QED) is 0.917. The van der Waals surface area contributed by atoms with E-state index in [2.05, 4.69) is 22.9 Å². The molecule has 0 bridgehead atoms. The van der Waals surface area contributed by atoms with Gasteiger partial charge in [0.25, 0.3) is 0 Å². The Hall–Kier alpha value is -0.740. The second-order valence-corrected chi connectivity index (χ2v) is 5.38. The third kappa shape index (κ3) is 3.18. The molecule has 0 spiro atoms. The minimum atomic E-state index is -0.448. The summed E-state index contributed by atoms with van der Waals surface area (Å²) in [5.41, 5.74) is 0.882. The van der Waals surface area contributed by atoms with E-state index in [1.807, 2.05) is 12.1 Å². The normalized spacial score (nSPS) is 16.2. The van der Waals surface area contributed by atoms with E-state index >= 15 is 0 Å². The maximum absolute atomic E-state index is 10.2. The zero-order chi connectivity index (χ0) is 13.0. The van der Waals surface area contributed by atoms with Crippen molar-refractivity contribution in [1.29, 1.82) is 0 Å².